The van der Waals surface area contributed by atoms with Crippen LogP contribution in [0, 0.1) is 22.7 Å². The number of hydrogen-bond donors (Lipinski definition) is 0. The second-order valence-corrected chi connectivity index (χ2v) is 13.4. The maximum absolute atomic E-state index is 13.4. The number of carbonyl (C=O) groups is 4. The molecule has 4 amide bonds. The summed E-state index contributed by atoms with van der Waals surface area (Å²) >= 11 is 13.0. The number of nitrogens with zero attached hydrogens (tertiary/aromatic N) is 6. The molecule has 2 fully saturated rings. The smallest absolute Gasteiger partial charge is 0.267 e. The first kappa shape index (κ1) is 34.8. The molecule has 0 aliphatic carbocycles. The van der Waals surface area contributed by atoms with Crippen LogP contribution in [0.3, 0.4) is 0 Å². The first-order valence-electron chi connectivity index (χ1n) is 14.5. The fourth-order valence-corrected chi connectivity index (χ4v) is 7.61. The van der Waals surface area contributed by atoms with Gasteiger partial charge < -0.3 is 9.80 Å². The lowest BCUT2D eigenvalue weighted by Crippen LogP contribution is -2.34. The molecule has 0 N–H and O–H groups in total. The van der Waals surface area contributed by atoms with Crippen molar-refractivity contribution in [1.29, 1.82) is 10.5 Å². The summed E-state index contributed by atoms with van der Waals surface area (Å²) in [5.74, 6) is -1.14. The maximum atomic E-state index is 13.4. The van der Waals surface area contributed by atoms with Crippen molar-refractivity contribution in [2.45, 2.75) is 38.5 Å². The van der Waals surface area contributed by atoms with E-state index in [-0.39, 0.29) is 73.5 Å². The van der Waals surface area contributed by atoms with Gasteiger partial charge in [0.05, 0.1) is 34.8 Å². The maximum Gasteiger partial charge on any atom is 0.267 e. The largest absolute Gasteiger partial charge is 0.311 e. The summed E-state index contributed by atoms with van der Waals surface area (Å²) in [6, 6.07) is 22.4. The number of hydrogen-bond acceptors (Lipinski definition) is 10. The molecule has 2 aliphatic heterocycles. The average molecular weight is 691 g/mol. The number of para-hydroxylation sites is 2. The molecule has 0 atom stereocenters. The summed E-state index contributed by atoms with van der Waals surface area (Å²) in [6.45, 7) is 0.936. The van der Waals surface area contributed by atoms with Gasteiger partial charge in [-0.3, -0.25) is 29.0 Å². The van der Waals surface area contributed by atoms with Crippen molar-refractivity contribution in [3.05, 3.63) is 70.5 Å². The third kappa shape index (κ3) is 8.59. The van der Waals surface area contributed by atoms with E-state index in [1.165, 1.54) is 9.80 Å². The summed E-state index contributed by atoms with van der Waals surface area (Å²) in [4.78, 5) is 59.1. The zero-order chi connectivity index (χ0) is 33.1. The van der Waals surface area contributed by atoms with Gasteiger partial charge in [0.1, 0.15) is 8.64 Å². The molecule has 0 spiro atoms. The van der Waals surface area contributed by atoms with Crippen LogP contribution in [0.25, 0.3) is 0 Å². The van der Waals surface area contributed by atoms with E-state index in [1.54, 1.807) is 9.80 Å². The molecule has 0 bridgehead atoms. The van der Waals surface area contributed by atoms with Gasteiger partial charge in [0.25, 0.3) is 11.8 Å². The Kier molecular flexibility index (Phi) is 12.9. The van der Waals surface area contributed by atoms with Crippen molar-refractivity contribution in [3.63, 3.8) is 0 Å². The van der Waals surface area contributed by atoms with E-state index in [4.69, 9.17) is 35.0 Å². The lowest BCUT2D eigenvalue weighted by atomic mass is 10.2. The van der Waals surface area contributed by atoms with Crippen molar-refractivity contribution in [3.8, 4) is 12.1 Å². The number of amides is 4. The molecule has 14 heteroatoms. The van der Waals surface area contributed by atoms with Gasteiger partial charge >= 0.3 is 0 Å². The lowest BCUT2D eigenvalue weighted by molar-refractivity contribution is -0.125. The third-order valence-electron chi connectivity index (χ3n) is 7.08. The van der Waals surface area contributed by atoms with E-state index in [1.807, 2.05) is 60.7 Å². The molecular weight excluding hydrogens is 661 g/mol. The molecule has 0 aromatic heterocycles. The summed E-state index contributed by atoms with van der Waals surface area (Å²) in [6.07, 6.45) is 1.36. The third-order valence-corrected chi connectivity index (χ3v) is 10.1. The van der Waals surface area contributed by atoms with Gasteiger partial charge in [-0.1, -0.05) is 84.4 Å². The minimum Gasteiger partial charge on any atom is -0.311 e. The Morgan fingerprint density at radius 3 is 1.39 bits per heavy atom. The van der Waals surface area contributed by atoms with Gasteiger partial charge in [0.2, 0.25) is 11.8 Å². The average Bonchev–Trinajstić information content (AvgIpc) is 3.50. The highest BCUT2D eigenvalue weighted by Gasteiger charge is 2.41. The molecule has 46 heavy (non-hydrogen) atoms. The fourth-order valence-electron chi connectivity index (χ4n) is 4.84. The molecule has 4 rings (SSSR count). The zero-order valence-electron chi connectivity index (χ0n) is 24.8. The normalized spacial score (nSPS) is 16.0. The Bertz CT molecular complexity index is 1500. The predicted molar refractivity (Wildman–Crippen MR) is 187 cm³/mol. The molecule has 2 heterocycles. The highest BCUT2D eigenvalue weighted by Crippen LogP contribution is 2.42. The number of thioether (sulfide) groups is 2. The van der Waals surface area contributed by atoms with Crippen LogP contribution in [0.4, 0.5) is 11.4 Å². The lowest BCUT2D eigenvalue weighted by Gasteiger charge is -2.22. The minimum atomic E-state index is -0.404. The van der Waals surface area contributed by atoms with Crippen molar-refractivity contribution >= 4 is 91.6 Å². The van der Waals surface area contributed by atoms with Gasteiger partial charge in [0.15, 0.2) is 0 Å². The number of thiocarbonyl (C=S) groups is 2. The Hall–Kier alpha value is -4.08. The standard InChI is InChI=1S/C32H30N6O4S4/c33-17-9-21-35(23-11-3-1-4-12-23)25(39)15-7-19-37-29(41)27(45-31(37)43)28-30(42)38(32(44)46-28)20-8-16-26(40)36(22-10-18-34)24-13-5-2-6-14-24/h1-6,11-14H,7-10,15-16,19-22H2. The van der Waals surface area contributed by atoms with E-state index < -0.39 is 11.8 Å². The van der Waals surface area contributed by atoms with Crippen LogP contribution in [-0.4, -0.2) is 68.2 Å². The Morgan fingerprint density at radius 1 is 0.674 bits per heavy atom. The quantitative estimate of drug-likeness (QED) is 0.188. The molecule has 2 aromatic rings. The zero-order valence-corrected chi connectivity index (χ0v) is 28.1. The van der Waals surface area contributed by atoms with Crippen LogP contribution in [0.1, 0.15) is 38.5 Å². The Balaban J connectivity index is 1.33. The van der Waals surface area contributed by atoms with E-state index >= 15 is 0 Å². The summed E-state index contributed by atoms with van der Waals surface area (Å²) in [7, 11) is 0. The van der Waals surface area contributed by atoms with E-state index in [2.05, 4.69) is 12.1 Å². The number of benzene rings is 2. The fraction of sp³-hybridized carbons (Fsp3) is 0.312. The molecule has 0 radical (unpaired) electrons. The van der Waals surface area contributed by atoms with Gasteiger partial charge in [0, 0.05) is 50.4 Å². The van der Waals surface area contributed by atoms with Crippen LogP contribution >= 0.6 is 48.0 Å². The van der Waals surface area contributed by atoms with Crippen molar-refractivity contribution in [2.75, 3.05) is 36.0 Å². The molecule has 0 saturated carbocycles. The van der Waals surface area contributed by atoms with Gasteiger partial charge in [-0.05, 0) is 37.1 Å². The van der Waals surface area contributed by atoms with Crippen LogP contribution in [0.15, 0.2) is 70.5 Å². The van der Waals surface area contributed by atoms with Crippen LogP contribution in [0.2, 0.25) is 0 Å². The van der Waals surface area contributed by atoms with E-state index in [0.29, 0.717) is 32.9 Å². The summed E-state index contributed by atoms with van der Waals surface area (Å²) in [5, 5.41) is 18.0. The Labute approximate surface area is 287 Å². The second-order valence-electron chi connectivity index (χ2n) is 10.1. The van der Waals surface area contributed by atoms with Gasteiger partial charge in [-0.2, -0.15) is 10.5 Å². The number of rotatable bonds is 14. The summed E-state index contributed by atoms with van der Waals surface area (Å²) < 4.78 is 0.595. The topological polar surface area (TPSA) is 129 Å². The minimum absolute atomic E-state index is 0.145. The molecular formula is C32H30N6O4S4. The first-order valence-corrected chi connectivity index (χ1v) is 17.0. The van der Waals surface area contributed by atoms with E-state index in [9.17, 15) is 19.2 Å². The van der Waals surface area contributed by atoms with Crippen molar-refractivity contribution in [2.24, 2.45) is 0 Å². The predicted octanol–water partition coefficient (Wildman–Crippen LogP) is 5.37. The Morgan fingerprint density at radius 2 is 1.04 bits per heavy atom. The molecule has 0 unspecified atom stereocenters. The van der Waals surface area contributed by atoms with E-state index in [0.717, 1.165) is 23.5 Å². The number of carbonyl (C=O) groups excluding carboxylic acids is 4. The van der Waals surface area contributed by atoms with Crippen molar-refractivity contribution in [1.82, 2.24) is 9.80 Å². The molecule has 2 aliphatic rings. The second kappa shape index (κ2) is 17.0. The molecule has 236 valence electrons. The van der Waals surface area contributed by atoms with Crippen molar-refractivity contribution < 1.29 is 19.2 Å². The highest BCUT2D eigenvalue weighted by molar-refractivity contribution is 8.29. The number of anilines is 2. The molecule has 2 saturated heterocycles. The molecule has 2 aromatic carbocycles. The van der Waals surface area contributed by atoms with Crippen LogP contribution in [0.5, 0.6) is 0 Å². The van der Waals surface area contributed by atoms with Gasteiger partial charge in [-0.25, -0.2) is 0 Å². The van der Waals surface area contributed by atoms with Crippen LogP contribution < -0.4 is 9.80 Å². The first-order chi connectivity index (χ1) is 22.3. The van der Waals surface area contributed by atoms with Crippen LogP contribution in [-0.2, 0) is 19.2 Å². The molecule has 10 nitrogen and oxygen atoms in total. The van der Waals surface area contributed by atoms with Gasteiger partial charge in [-0.15, -0.1) is 0 Å². The number of nitriles is 2. The monoisotopic (exact) mass is 690 g/mol. The highest BCUT2D eigenvalue weighted by atomic mass is 32.2. The SMILES string of the molecule is N#CCCN(C(=O)CCCN1C(=O)C(=C2SC(=S)N(CCCC(=O)N(CCC#N)c3ccccc3)C2=O)SC1=S)c1ccccc1. The summed E-state index contributed by atoms with van der Waals surface area (Å²) in [5.41, 5.74) is 1.40.